The summed E-state index contributed by atoms with van der Waals surface area (Å²) in [6.07, 6.45) is -0.632. The van der Waals surface area contributed by atoms with Crippen LogP contribution in [0.4, 0.5) is 0 Å². The standard InChI is InChI=1S/C39H63NO15/c1-4-5-13-27-14-11-9-7-6-8-10-12-15-28(54-38-35(47)33(40)34(46)23(3)52-38)19-31-32(36(48)49)30(45)21-39(51,55-31)20-26(43)17-24(41)16-25(42)18-29(44)22(2)37(50)53-27/h6-12,15,22-35,38,41-47,51H,4-5,13-14,16-21,40H2,1-3H3,(H,48,49)/b7-6+,10-8+,11-9+,15-12+/t22-,23-,24+,25-,26-,27-,28+,29-,30-,31+,32+,33+,34-,35+,38+,39+/m1/s1. The van der Waals surface area contributed by atoms with Crippen LogP contribution in [-0.2, 0) is 28.5 Å². The van der Waals surface area contributed by atoms with Gasteiger partial charge in [-0.05, 0) is 33.1 Å². The Hall–Kier alpha value is -2.58. The number of allylic oxidation sites excluding steroid dienone is 6. The Bertz CT molecular complexity index is 1310. The van der Waals surface area contributed by atoms with E-state index in [2.05, 4.69) is 0 Å². The number of aliphatic hydroxyl groups excluding tert-OH is 7. The van der Waals surface area contributed by atoms with Crippen LogP contribution >= 0.6 is 0 Å². The maximum absolute atomic E-state index is 12.9. The molecule has 16 nitrogen and oxygen atoms in total. The molecule has 3 rings (SSSR count). The number of aliphatic carboxylic acids is 1. The number of unbranched alkanes of at least 4 members (excludes halogenated alkanes) is 1. The maximum atomic E-state index is 12.9. The summed E-state index contributed by atoms with van der Waals surface area (Å²) in [5.41, 5.74) is 6.00. The van der Waals surface area contributed by atoms with Gasteiger partial charge in [-0.2, -0.15) is 0 Å². The summed E-state index contributed by atoms with van der Waals surface area (Å²) in [7, 11) is 0. The van der Waals surface area contributed by atoms with Crippen molar-refractivity contribution in [1.29, 1.82) is 0 Å². The van der Waals surface area contributed by atoms with E-state index in [0.717, 1.165) is 12.8 Å². The molecular formula is C39H63NO15. The molecule has 314 valence electrons. The largest absolute Gasteiger partial charge is 0.481 e. The van der Waals surface area contributed by atoms with Gasteiger partial charge in [-0.25, -0.2) is 0 Å². The van der Waals surface area contributed by atoms with Crippen LogP contribution in [0.5, 0.6) is 0 Å². The van der Waals surface area contributed by atoms with Gasteiger partial charge in [0.1, 0.15) is 18.1 Å². The minimum absolute atomic E-state index is 0.259. The molecule has 0 unspecified atom stereocenters. The van der Waals surface area contributed by atoms with E-state index < -0.39 is 122 Å². The van der Waals surface area contributed by atoms with Crippen LogP contribution in [0.1, 0.15) is 85.0 Å². The van der Waals surface area contributed by atoms with Gasteiger partial charge in [-0.3, -0.25) is 9.59 Å². The number of aliphatic hydroxyl groups is 8. The number of esters is 1. The van der Waals surface area contributed by atoms with Crippen LogP contribution in [0.3, 0.4) is 0 Å². The summed E-state index contributed by atoms with van der Waals surface area (Å²) < 4.78 is 23.4. The number of hydrogen-bond donors (Lipinski definition) is 10. The smallest absolute Gasteiger partial charge is 0.311 e. The minimum Gasteiger partial charge on any atom is -0.481 e. The lowest BCUT2D eigenvalue weighted by atomic mass is 9.82. The second-order valence-electron chi connectivity index (χ2n) is 15.2. The quantitative estimate of drug-likeness (QED) is 0.164. The highest BCUT2D eigenvalue weighted by atomic mass is 16.7. The summed E-state index contributed by atoms with van der Waals surface area (Å²) in [5.74, 6) is -6.80. The Morgan fingerprint density at radius 1 is 0.873 bits per heavy atom. The number of carbonyl (C=O) groups excluding carboxylic acids is 1. The van der Waals surface area contributed by atoms with Crippen LogP contribution in [0.25, 0.3) is 0 Å². The van der Waals surface area contributed by atoms with E-state index in [9.17, 15) is 55.5 Å². The van der Waals surface area contributed by atoms with Gasteiger partial charge < -0.3 is 70.6 Å². The molecule has 3 aliphatic rings. The Morgan fingerprint density at radius 3 is 2.18 bits per heavy atom. The zero-order valence-corrected chi connectivity index (χ0v) is 31.9. The topological polar surface area (TPSA) is 279 Å². The molecule has 2 fully saturated rings. The van der Waals surface area contributed by atoms with Crippen molar-refractivity contribution in [2.45, 2.75) is 170 Å². The second kappa shape index (κ2) is 22.4. The fourth-order valence-electron chi connectivity index (χ4n) is 7.11. The fraction of sp³-hybridized carbons (Fsp3) is 0.744. The molecule has 2 bridgehead atoms. The summed E-state index contributed by atoms with van der Waals surface area (Å²) in [6, 6.07) is -1.12. The number of fused-ring (bicyclic) bond motifs is 2. The van der Waals surface area contributed by atoms with Gasteiger partial charge >= 0.3 is 11.9 Å². The predicted molar refractivity (Wildman–Crippen MR) is 198 cm³/mol. The van der Waals surface area contributed by atoms with Crippen LogP contribution in [0, 0.1) is 11.8 Å². The molecule has 3 heterocycles. The molecule has 2 saturated heterocycles. The number of nitrogens with two attached hydrogens (primary N) is 1. The molecule has 0 amide bonds. The number of ether oxygens (including phenoxy) is 4. The van der Waals surface area contributed by atoms with Crippen LogP contribution in [-0.4, -0.2) is 143 Å². The van der Waals surface area contributed by atoms with Crippen LogP contribution in [0.15, 0.2) is 48.6 Å². The minimum atomic E-state index is -2.26. The van der Waals surface area contributed by atoms with E-state index in [1.807, 2.05) is 13.0 Å². The SMILES string of the molecule is CCCC[C@@H]1C/C=C/C=C/C=C/C=C/[C@H](O[C@@H]2O[C@H](C)[C@@H](O)[C@H](N)[C@@H]2O)C[C@@H]2O[C@@](O)(C[C@H](O)C[C@@H](O)C[C@@H](O)C[C@@H](O)[C@@H](C)C(=O)O1)C[C@@H](O)[C@@H]2C(=O)O. The number of carboxylic acids is 1. The molecule has 0 aliphatic carbocycles. The first-order valence-electron chi connectivity index (χ1n) is 19.3. The van der Waals surface area contributed by atoms with Gasteiger partial charge in [0.15, 0.2) is 12.1 Å². The summed E-state index contributed by atoms with van der Waals surface area (Å²) in [4.78, 5) is 25.3. The van der Waals surface area contributed by atoms with E-state index in [-0.39, 0.29) is 25.7 Å². The molecule has 55 heavy (non-hydrogen) atoms. The first-order chi connectivity index (χ1) is 25.9. The Morgan fingerprint density at radius 2 is 1.51 bits per heavy atom. The van der Waals surface area contributed by atoms with Crippen molar-refractivity contribution in [1.82, 2.24) is 0 Å². The molecule has 16 atom stereocenters. The van der Waals surface area contributed by atoms with E-state index >= 15 is 0 Å². The summed E-state index contributed by atoms with van der Waals surface area (Å²) in [5, 5.41) is 96.4. The van der Waals surface area contributed by atoms with E-state index in [0.29, 0.717) is 12.8 Å². The molecule has 3 aliphatic heterocycles. The van der Waals surface area contributed by atoms with Crippen molar-refractivity contribution in [2.75, 3.05) is 0 Å². The number of carboxylic acid groups (broad SMARTS) is 1. The molecule has 16 heteroatoms. The van der Waals surface area contributed by atoms with Gasteiger partial charge in [0.2, 0.25) is 0 Å². The number of rotatable bonds is 6. The van der Waals surface area contributed by atoms with Crippen molar-refractivity contribution >= 4 is 11.9 Å². The van der Waals surface area contributed by atoms with Gasteiger partial charge in [0, 0.05) is 32.1 Å². The molecule has 0 aromatic rings. The highest BCUT2D eigenvalue weighted by Gasteiger charge is 2.51. The van der Waals surface area contributed by atoms with E-state index in [1.165, 1.54) is 13.0 Å². The zero-order chi connectivity index (χ0) is 40.9. The first-order valence-corrected chi connectivity index (χ1v) is 19.3. The molecule has 0 aromatic heterocycles. The molecule has 0 aromatic carbocycles. The number of cyclic esters (lactones) is 1. The van der Waals surface area contributed by atoms with E-state index in [4.69, 9.17) is 24.7 Å². The monoisotopic (exact) mass is 785 g/mol. The summed E-state index contributed by atoms with van der Waals surface area (Å²) >= 11 is 0. The lowest BCUT2D eigenvalue weighted by Gasteiger charge is -2.45. The maximum Gasteiger partial charge on any atom is 0.311 e. The highest BCUT2D eigenvalue weighted by molar-refractivity contribution is 5.73. The highest BCUT2D eigenvalue weighted by Crippen LogP contribution is 2.38. The van der Waals surface area contributed by atoms with Crippen LogP contribution in [0.2, 0.25) is 0 Å². The van der Waals surface area contributed by atoms with Crippen molar-refractivity contribution in [3.8, 4) is 0 Å². The third kappa shape index (κ3) is 14.7. The Kier molecular flexibility index (Phi) is 19.0. The molecule has 0 saturated carbocycles. The van der Waals surface area contributed by atoms with Gasteiger partial charge in [-0.15, -0.1) is 0 Å². The average Bonchev–Trinajstić information content (AvgIpc) is 3.09. The fourth-order valence-corrected chi connectivity index (χ4v) is 7.11. The molecular weight excluding hydrogens is 722 g/mol. The van der Waals surface area contributed by atoms with Crippen LogP contribution < -0.4 is 5.73 Å². The molecule has 0 spiro atoms. The van der Waals surface area contributed by atoms with Crippen molar-refractivity contribution in [3.63, 3.8) is 0 Å². The van der Waals surface area contributed by atoms with Gasteiger partial charge in [-0.1, -0.05) is 68.4 Å². The lowest BCUT2D eigenvalue weighted by Crippen LogP contribution is -2.61. The average molecular weight is 786 g/mol. The number of hydrogen-bond acceptors (Lipinski definition) is 15. The van der Waals surface area contributed by atoms with Crippen molar-refractivity contribution < 1.29 is 74.5 Å². The van der Waals surface area contributed by atoms with Crippen molar-refractivity contribution in [2.24, 2.45) is 17.6 Å². The van der Waals surface area contributed by atoms with Crippen molar-refractivity contribution in [3.05, 3.63) is 48.6 Å². The Labute approximate surface area is 322 Å². The summed E-state index contributed by atoms with van der Waals surface area (Å²) in [6.45, 7) is 5.06. The molecule has 0 radical (unpaired) electrons. The third-order valence-electron chi connectivity index (χ3n) is 10.4. The molecule has 11 N–H and O–H groups in total. The van der Waals surface area contributed by atoms with Gasteiger partial charge in [0.25, 0.3) is 0 Å². The third-order valence-corrected chi connectivity index (χ3v) is 10.4. The van der Waals surface area contributed by atoms with Gasteiger partial charge in [0.05, 0.1) is 66.9 Å². The predicted octanol–water partition coefficient (Wildman–Crippen LogP) is 0.465. The number of carbonyl (C=O) groups is 2. The van der Waals surface area contributed by atoms with E-state index in [1.54, 1.807) is 43.4 Å². The second-order valence-corrected chi connectivity index (χ2v) is 15.2. The first kappa shape index (κ1) is 46.8. The lowest BCUT2D eigenvalue weighted by molar-refractivity contribution is -0.308. The Balaban J connectivity index is 1.92. The normalized spacial score (nSPS) is 44.4. The zero-order valence-electron chi connectivity index (χ0n) is 31.9.